The van der Waals surface area contributed by atoms with Crippen LogP contribution in [0.3, 0.4) is 0 Å². The van der Waals surface area contributed by atoms with Crippen molar-refractivity contribution in [2.24, 2.45) is 0 Å². The lowest BCUT2D eigenvalue weighted by Gasteiger charge is -2.30. The Morgan fingerprint density at radius 3 is 1.59 bits per heavy atom. The summed E-state index contributed by atoms with van der Waals surface area (Å²) < 4.78 is 12.2. The van der Waals surface area contributed by atoms with E-state index in [1.807, 2.05) is 0 Å². The smallest absolute Gasteiger partial charge is 0.0828 e. The van der Waals surface area contributed by atoms with Crippen molar-refractivity contribution in [3.05, 3.63) is 47.5 Å². The maximum absolute atomic E-state index is 6.09. The van der Waals surface area contributed by atoms with E-state index in [2.05, 4.69) is 36.4 Å². The number of hydrogen-bond donors (Lipinski definition) is 0. The van der Waals surface area contributed by atoms with Crippen LogP contribution in [0.5, 0.6) is 0 Å². The molecule has 2 nitrogen and oxygen atoms in total. The minimum absolute atomic E-state index is 0.249. The zero-order valence-electron chi connectivity index (χ0n) is 13.1. The Bertz CT molecular complexity index is 581. The largest absolute Gasteiger partial charge is 0.374 e. The molecule has 2 aliphatic heterocycles. The Labute approximate surface area is 132 Å². The van der Waals surface area contributed by atoms with Crippen LogP contribution >= 0.6 is 0 Å². The Hall–Kier alpha value is -1.38. The minimum atomic E-state index is 0.249. The van der Waals surface area contributed by atoms with Gasteiger partial charge in [-0.25, -0.2) is 0 Å². The van der Waals surface area contributed by atoms with Gasteiger partial charge in [-0.1, -0.05) is 24.3 Å². The summed E-state index contributed by atoms with van der Waals surface area (Å²) in [5.41, 5.74) is 2.73. The molecule has 2 heteroatoms. The van der Waals surface area contributed by atoms with Crippen LogP contribution in [0.25, 0.3) is 10.8 Å². The average Bonchev–Trinajstić information content (AvgIpc) is 2.62. The molecule has 22 heavy (non-hydrogen) atoms. The highest BCUT2D eigenvalue weighted by Crippen LogP contribution is 2.39. The standard InChI is InChI=1S/C20H24O2/c1-2-8-16-14-18(20-10-4-6-12-22-20)17(13-15(16)7-1)19-9-3-5-11-21-19/h1-2,7-8,13-14,19-20H,3-6,9-12H2. The first-order chi connectivity index (χ1) is 10.9. The van der Waals surface area contributed by atoms with Crippen LogP contribution in [0.2, 0.25) is 0 Å². The fraction of sp³-hybridized carbons (Fsp3) is 0.500. The van der Waals surface area contributed by atoms with Gasteiger partial charge in [0.1, 0.15) is 0 Å². The van der Waals surface area contributed by atoms with Gasteiger partial charge in [-0.15, -0.1) is 0 Å². The van der Waals surface area contributed by atoms with E-state index in [1.165, 1.54) is 47.6 Å². The molecule has 0 N–H and O–H groups in total. The molecule has 2 heterocycles. The number of rotatable bonds is 2. The quantitative estimate of drug-likeness (QED) is 0.746. The van der Waals surface area contributed by atoms with Crippen LogP contribution in [0, 0.1) is 0 Å². The summed E-state index contributed by atoms with van der Waals surface area (Å²) in [6.45, 7) is 1.78. The molecule has 0 bridgehead atoms. The predicted molar refractivity (Wildman–Crippen MR) is 89.0 cm³/mol. The molecule has 116 valence electrons. The fourth-order valence-corrected chi connectivity index (χ4v) is 3.81. The van der Waals surface area contributed by atoms with E-state index in [-0.39, 0.29) is 12.2 Å². The van der Waals surface area contributed by atoms with Crippen molar-refractivity contribution in [1.82, 2.24) is 0 Å². The third-order valence-corrected chi connectivity index (χ3v) is 5.00. The topological polar surface area (TPSA) is 18.5 Å². The highest BCUT2D eigenvalue weighted by atomic mass is 16.5. The maximum Gasteiger partial charge on any atom is 0.0828 e. The summed E-state index contributed by atoms with van der Waals surface area (Å²) in [6, 6.07) is 13.3. The van der Waals surface area contributed by atoms with E-state index in [9.17, 15) is 0 Å². The number of fused-ring (bicyclic) bond motifs is 1. The van der Waals surface area contributed by atoms with Gasteiger partial charge in [0, 0.05) is 13.2 Å². The number of ether oxygens (including phenoxy) is 2. The van der Waals surface area contributed by atoms with Gasteiger partial charge in [-0.3, -0.25) is 0 Å². The van der Waals surface area contributed by atoms with Crippen LogP contribution in [-0.2, 0) is 9.47 Å². The molecule has 4 rings (SSSR count). The molecule has 2 unspecified atom stereocenters. The summed E-state index contributed by atoms with van der Waals surface area (Å²) in [6.07, 6.45) is 7.69. The van der Waals surface area contributed by atoms with E-state index in [0.717, 1.165) is 26.1 Å². The molecule has 2 aliphatic rings. The van der Waals surface area contributed by atoms with Gasteiger partial charge < -0.3 is 9.47 Å². The first-order valence-electron chi connectivity index (χ1n) is 8.67. The molecule has 0 radical (unpaired) electrons. The van der Waals surface area contributed by atoms with Crippen molar-refractivity contribution in [2.45, 2.75) is 50.7 Å². The Morgan fingerprint density at radius 1 is 0.682 bits per heavy atom. The van der Waals surface area contributed by atoms with Gasteiger partial charge in [-0.2, -0.15) is 0 Å². The molecular weight excluding hydrogens is 272 g/mol. The second-order valence-corrected chi connectivity index (χ2v) is 6.54. The second kappa shape index (κ2) is 6.39. The molecule has 0 aliphatic carbocycles. The van der Waals surface area contributed by atoms with Crippen molar-refractivity contribution in [3.63, 3.8) is 0 Å². The lowest BCUT2D eigenvalue weighted by molar-refractivity contribution is -0.000392. The second-order valence-electron chi connectivity index (χ2n) is 6.54. The first-order valence-corrected chi connectivity index (χ1v) is 8.67. The molecule has 2 atom stereocenters. The molecule has 2 aromatic carbocycles. The molecule has 0 aromatic heterocycles. The lowest BCUT2D eigenvalue weighted by atomic mass is 9.89. The molecule has 0 amide bonds. The number of benzene rings is 2. The minimum Gasteiger partial charge on any atom is -0.374 e. The number of hydrogen-bond acceptors (Lipinski definition) is 2. The van der Waals surface area contributed by atoms with Gasteiger partial charge in [-0.05, 0) is 72.6 Å². The van der Waals surface area contributed by atoms with Gasteiger partial charge in [0.05, 0.1) is 12.2 Å². The maximum atomic E-state index is 6.09. The van der Waals surface area contributed by atoms with E-state index >= 15 is 0 Å². The highest BCUT2D eigenvalue weighted by molar-refractivity contribution is 5.84. The van der Waals surface area contributed by atoms with Crippen molar-refractivity contribution < 1.29 is 9.47 Å². The van der Waals surface area contributed by atoms with Gasteiger partial charge in [0.2, 0.25) is 0 Å². The first kappa shape index (κ1) is 14.2. The molecular formula is C20H24O2. The van der Waals surface area contributed by atoms with Crippen LogP contribution < -0.4 is 0 Å². The zero-order chi connectivity index (χ0) is 14.8. The summed E-state index contributed by atoms with van der Waals surface area (Å²) in [5, 5.41) is 2.62. The monoisotopic (exact) mass is 296 g/mol. The van der Waals surface area contributed by atoms with Crippen molar-refractivity contribution in [2.75, 3.05) is 13.2 Å². The Balaban J connectivity index is 1.79. The van der Waals surface area contributed by atoms with Gasteiger partial charge >= 0.3 is 0 Å². The molecule has 2 saturated heterocycles. The summed E-state index contributed by atoms with van der Waals surface area (Å²) >= 11 is 0. The molecule has 0 saturated carbocycles. The third kappa shape index (κ3) is 2.78. The summed E-state index contributed by atoms with van der Waals surface area (Å²) in [7, 11) is 0. The van der Waals surface area contributed by atoms with Crippen molar-refractivity contribution in [1.29, 1.82) is 0 Å². The Kier molecular flexibility index (Phi) is 4.13. The fourth-order valence-electron chi connectivity index (χ4n) is 3.81. The van der Waals surface area contributed by atoms with Gasteiger partial charge in [0.15, 0.2) is 0 Å². The Morgan fingerprint density at radius 2 is 1.18 bits per heavy atom. The zero-order valence-corrected chi connectivity index (χ0v) is 13.1. The third-order valence-electron chi connectivity index (χ3n) is 5.00. The van der Waals surface area contributed by atoms with Crippen LogP contribution in [0.15, 0.2) is 36.4 Å². The van der Waals surface area contributed by atoms with E-state index in [1.54, 1.807) is 0 Å². The summed E-state index contributed by atoms with van der Waals surface area (Å²) in [5.74, 6) is 0. The lowest BCUT2D eigenvalue weighted by Crippen LogP contribution is -2.18. The van der Waals surface area contributed by atoms with Gasteiger partial charge in [0.25, 0.3) is 0 Å². The van der Waals surface area contributed by atoms with E-state index in [0.29, 0.717) is 0 Å². The normalized spacial score (nSPS) is 26.2. The average molecular weight is 296 g/mol. The predicted octanol–water partition coefficient (Wildman–Crippen LogP) is 5.32. The SMILES string of the molecule is c1ccc2cc(C3CCCCO3)c(C3CCCCO3)cc2c1. The van der Waals surface area contributed by atoms with Crippen molar-refractivity contribution >= 4 is 10.8 Å². The van der Waals surface area contributed by atoms with Crippen molar-refractivity contribution in [3.8, 4) is 0 Å². The molecule has 2 aromatic rings. The van der Waals surface area contributed by atoms with Crippen LogP contribution in [-0.4, -0.2) is 13.2 Å². The van der Waals surface area contributed by atoms with E-state index in [4.69, 9.17) is 9.47 Å². The van der Waals surface area contributed by atoms with Crippen LogP contribution in [0.1, 0.15) is 61.9 Å². The summed E-state index contributed by atoms with van der Waals surface area (Å²) in [4.78, 5) is 0. The van der Waals surface area contributed by atoms with E-state index < -0.39 is 0 Å². The van der Waals surface area contributed by atoms with Crippen LogP contribution in [0.4, 0.5) is 0 Å². The molecule has 2 fully saturated rings. The highest BCUT2D eigenvalue weighted by Gasteiger charge is 2.25. The molecule has 0 spiro atoms.